The lowest BCUT2D eigenvalue weighted by molar-refractivity contribution is 0.473. The molecule has 0 radical (unpaired) electrons. The van der Waals surface area contributed by atoms with Gasteiger partial charge >= 0.3 is 0 Å². The molecule has 0 aliphatic carbocycles. The van der Waals surface area contributed by atoms with Crippen LogP contribution >= 0.6 is 15.9 Å². The first-order valence-electron chi connectivity index (χ1n) is 4.88. The molecule has 0 spiro atoms. The van der Waals surface area contributed by atoms with Crippen molar-refractivity contribution >= 4 is 21.6 Å². The first-order valence-corrected chi connectivity index (χ1v) is 5.67. The molecule has 6 heteroatoms. The van der Waals surface area contributed by atoms with E-state index in [4.69, 9.17) is 0 Å². The Morgan fingerprint density at radius 3 is 2.76 bits per heavy atom. The molecular weight excluding hydrogens is 284 g/mol. The number of nitrogens with zero attached hydrogens (tertiary/aromatic N) is 4. The fourth-order valence-electron chi connectivity index (χ4n) is 1.53. The van der Waals surface area contributed by atoms with Crippen LogP contribution in [0, 0.1) is 0 Å². The fourth-order valence-corrected chi connectivity index (χ4v) is 1.91. The number of hydrogen-bond acceptors (Lipinski definition) is 4. The maximum absolute atomic E-state index is 9.18. The van der Waals surface area contributed by atoms with Crippen LogP contribution in [-0.2, 0) is 0 Å². The van der Waals surface area contributed by atoms with Crippen molar-refractivity contribution in [2.45, 2.75) is 0 Å². The minimum atomic E-state index is 0.143. The Kier molecular flexibility index (Phi) is 2.29. The lowest BCUT2D eigenvalue weighted by Crippen LogP contribution is -1.92. The van der Waals surface area contributed by atoms with Crippen LogP contribution in [0.5, 0.6) is 5.75 Å². The molecule has 5 nitrogen and oxygen atoms in total. The van der Waals surface area contributed by atoms with E-state index in [0.717, 1.165) is 21.4 Å². The van der Waals surface area contributed by atoms with E-state index in [2.05, 4.69) is 31.0 Å². The molecule has 3 heterocycles. The van der Waals surface area contributed by atoms with Gasteiger partial charge in [-0.25, -0.2) is 9.50 Å². The van der Waals surface area contributed by atoms with Crippen molar-refractivity contribution in [1.29, 1.82) is 0 Å². The maximum Gasteiger partial charge on any atom is 0.169 e. The lowest BCUT2D eigenvalue weighted by atomic mass is 10.2. The first-order chi connectivity index (χ1) is 8.24. The molecule has 0 saturated heterocycles. The van der Waals surface area contributed by atoms with E-state index in [9.17, 15) is 5.11 Å². The van der Waals surface area contributed by atoms with Crippen LogP contribution in [0.2, 0.25) is 0 Å². The average molecular weight is 291 g/mol. The number of rotatable bonds is 1. The zero-order valence-electron chi connectivity index (χ0n) is 8.58. The zero-order chi connectivity index (χ0) is 11.8. The third kappa shape index (κ3) is 1.76. The minimum Gasteiger partial charge on any atom is -0.506 e. The summed E-state index contributed by atoms with van der Waals surface area (Å²) in [7, 11) is 0. The van der Waals surface area contributed by atoms with Crippen LogP contribution in [0.1, 0.15) is 0 Å². The SMILES string of the molecule is Oc1ccc(-c2cnc3c(Br)cnn3c2)nc1. The van der Waals surface area contributed by atoms with Gasteiger partial charge in [-0.15, -0.1) is 0 Å². The Bertz CT molecular complexity index is 678. The average Bonchev–Trinajstić information content (AvgIpc) is 2.72. The largest absolute Gasteiger partial charge is 0.506 e. The highest BCUT2D eigenvalue weighted by Crippen LogP contribution is 2.20. The molecule has 0 aromatic carbocycles. The van der Waals surface area contributed by atoms with Gasteiger partial charge in [0.1, 0.15) is 5.75 Å². The predicted molar refractivity (Wildman–Crippen MR) is 65.6 cm³/mol. The van der Waals surface area contributed by atoms with Crippen molar-refractivity contribution in [2.24, 2.45) is 0 Å². The summed E-state index contributed by atoms with van der Waals surface area (Å²) in [5.74, 6) is 0.143. The Morgan fingerprint density at radius 1 is 1.12 bits per heavy atom. The molecule has 0 unspecified atom stereocenters. The zero-order valence-corrected chi connectivity index (χ0v) is 10.2. The van der Waals surface area contributed by atoms with Gasteiger partial charge in [0.05, 0.1) is 22.6 Å². The Hall–Kier alpha value is -1.95. The molecule has 17 heavy (non-hydrogen) atoms. The monoisotopic (exact) mass is 290 g/mol. The normalized spacial score (nSPS) is 10.9. The van der Waals surface area contributed by atoms with Crippen molar-refractivity contribution in [3.05, 3.63) is 41.4 Å². The number of pyridine rings is 1. The fraction of sp³-hybridized carbons (Fsp3) is 0. The van der Waals surface area contributed by atoms with Crippen molar-refractivity contribution in [3.63, 3.8) is 0 Å². The maximum atomic E-state index is 9.18. The summed E-state index contributed by atoms with van der Waals surface area (Å²) >= 11 is 3.36. The Labute approximate surface area is 105 Å². The van der Waals surface area contributed by atoms with Crippen molar-refractivity contribution in [1.82, 2.24) is 19.6 Å². The van der Waals surface area contributed by atoms with Crippen LogP contribution in [0.15, 0.2) is 41.4 Å². The van der Waals surface area contributed by atoms with Gasteiger partial charge in [0, 0.05) is 18.0 Å². The van der Waals surface area contributed by atoms with Crippen LogP contribution in [0.3, 0.4) is 0 Å². The van der Waals surface area contributed by atoms with Crippen LogP contribution in [-0.4, -0.2) is 24.7 Å². The molecule has 3 aromatic heterocycles. The highest BCUT2D eigenvalue weighted by Gasteiger charge is 2.05. The van der Waals surface area contributed by atoms with Gasteiger partial charge in [0.15, 0.2) is 5.65 Å². The van der Waals surface area contributed by atoms with Gasteiger partial charge in [0.25, 0.3) is 0 Å². The van der Waals surface area contributed by atoms with Gasteiger partial charge < -0.3 is 5.11 Å². The summed E-state index contributed by atoms with van der Waals surface area (Å²) in [4.78, 5) is 8.41. The number of fused-ring (bicyclic) bond motifs is 1. The molecule has 0 aliphatic heterocycles. The quantitative estimate of drug-likeness (QED) is 0.747. The number of aromatic hydroxyl groups is 1. The Balaban J connectivity index is 2.14. The summed E-state index contributed by atoms with van der Waals surface area (Å²) in [5, 5.41) is 13.3. The van der Waals surface area contributed by atoms with Gasteiger partial charge in [-0.1, -0.05) is 0 Å². The predicted octanol–water partition coefficient (Wildman–Crippen LogP) is 2.26. The summed E-state index contributed by atoms with van der Waals surface area (Å²) in [6.07, 6.45) is 6.66. The van der Waals surface area contributed by atoms with Crippen molar-refractivity contribution in [2.75, 3.05) is 0 Å². The number of halogens is 1. The molecule has 3 rings (SSSR count). The van der Waals surface area contributed by atoms with Crippen LogP contribution < -0.4 is 0 Å². The van der Waals surface area contributed by atoms with E-state index in [1.807, 2.05) is 6.20 Å². The summed E-state index contributed by atoms with van der Waals surface area (Å²) in [5.41, 5.74) is 2.34. The molecule has 0 atom stereocenters. The molecule has 0 fully saturated rings. The van der Waals surface area contributed by atoms with Crippen LogP contribution in [0.25, 0.3) is 16.9 Å². The molecule has 84 valence electrons. The summed E-state index contributed by atoms with van der Waals surface area (Å²) in [6, 6.07) is 3.32. The second-order valence-electron chi connectivity index (χ2n) is 3.50. The first kappa shape index (κ1) is 10.2. The number of hydrogen-bond donors (Lipinski definition) is 1. The highest BCUT2D eigenvalue weighted by atomic mass is 79.9. The smallest absolute Gasteiger partial charge is 0.169 e. The van der Waals surface area contributed by atoms with Crippen molar-refractivity contribution in [3.8, 4) is 17.0 Å². The minimum absolute atomic E-state index is 0.143. The highest BCUT2D eigenvalue weighted by molar-refractivity contribution is 9.10. The van der Waals surface area contributed by atoms with Crippen molar-refractivity contribution < 1.29 is 5.11 Å². The third-order valence-corrected chi connectivity index (χ3v) is 2.92. The van der Waals surface area contributed by atoms with E-state index in [1.165, 1.54) is 6.20 Å². The van der Waals surface area contributed by atoms with E-state index < -0.39 is 0 Å². The van der Waals surface area contributed by atoms with E-state index in [0.29, 0.717) is 0 Å². The molecule has 0 aliphatic rings. The lowest BCUT2D eigenvalue weighted by Gasteiger charge is -2.01. The molecular formula is C11H7BrN4O. The topological polar surface area (TPSA) is 63.3 Å². The van der Waals surface area contributed by atoms with Gasteiger partial charge in [0.2, 0.25) is 0 Å². The second kappa shape index (κ2) is 3.81. The van der Waals surface area contributed by atoms with Gasteiger partial charge in [-0.05, 0) is 28.1 Å². The molecule has 0 amide bonds. The molecule has 3 aromatic rings. The second-order valence-corrected chi connectivity index (χ2v) is 4.36. The molecule has 0 bridgehead atoms. The van der Waals surface area contributed by atoms with Gasteiger partial charge in [-0.2, -0.15) is 5.10 Å². The molecule has 0 saturated carbocycles. The summed E-state index contributed by atoms with van der Waals surface area (Å²) in [6.45, 7) is 0. The van der Waals surface area contributed by atoms with E-state index in [1.54, 1.807) is 29.0 Å². The summed E-state index contributed by atoms with van der Waals surface area (Å²) < 4.78 is 2.52. The Morgan fingerprint density at radius 2 is 2.00 bits per heavy atom. The molecule has 1 N–H and O–H groups in total. The van der Waals surface area contributed by atoms with Crippen LogP contribution in [0.4, 0.5) is 0 Å². The number of aromatic nitrogens is 4. The standard InChI is InChI=1S/C11H7BrN4O/c12-9-5-15-16-6-7(3-14-11(9)16)10-2-1-8(17)4-13-10/h1-6,17H. The third-order valence-electron chi connectivity index (χ3n) is 2.36. The van der Waals surface area contributed by atoms with E-state index >= 15 is 0 Å². The van der Waals surface area contributed by atoms with Gasteiger partial charge in [-0.3, -0.25) is 4.98 Å². The van der Waals surface area contributed by atoms with E-state index in [-0.39, 0.29) is 5.75 Å².